The number of rotatable bonds is 22. The molecule has 1 fully saturated rings. The topological polar surface area (TPSA) is 236 Å². The summed E-state index contributed by atoms with van der Waals surface area (Å²) in [7, 11) is 0. The maximum atomic E-state index is 7.71. The maximum absolute atomic E-state index is 7.71. The summed E-state index contributed by atoms with van der Waals surface area (Å²) in [5, 5.41) is 30.7. The van der Waals surface area contributed by atoms with Crippen molar-refractivity contribution in [2.45, 2.75) is 51.4 Å². The second-order valence-electron chi connectivity index (χ2n) is 14.6. The highest BCUT2D eigenvalue weighted by atomic mass is 16.5. The lowest BCUT2D eigenvalue weighted by Crippen LogP contribution is -2.29. The molecule has 296 valence electrons. The SMILES string of the molecule is N=C(N)c1ccc(OCCC[C@@H](COc2ccc(C(=N)N)cc2)CC2CCC(CCOc3ccc(C(=N)N)cc3)C(CCOc3ccc(C(=N)N)cc3)C2)cc1. The summed E-state index contributed by atoms with van der Waals surface area (Å²) < 4.78 is 24.7. The Hall–Kier alpha value is -6.04. The third-order valence-electron chi connectivity index (χ3n) is 10.6. The first-order chi connectivity index (χ1) is 27.0. The van der Waals surface area contributed by atoms with E-state index in [1.54, 1.807) is 12.1 Å². The van der Waals surface area contributed by atoms with Crippen molar-refractivity contribution in [2.24, 2.45) is 46.6 Å². The molecule has 0 aromatic heterocycles. The molecule has 4 aromatic rings. The van der Waals surface area contributed by atoms with E-state index < -0.39 is 0 Å². The van der Waals surface area contributed by atoms with Crippen molar-refractivity contribution in [2.75, 3.05) is 26.4 Å². The summed E-state index contributed by atoms with van der Waals surface area (Å²) in [6.07, 6.45) is 8.03. The molecule has 12 heteroatoms. The predicted molar refractivity (Wildman–Crippen MR) is 223 cm³/mol. The van der Waals surface area contributed by atoms with E-state index in [1.807, 2.05) is 84.9 Å². The van der Waals surface area contributed by atoms with Crippen LogP contribution in [0.25, 0.3) is 0 Å². The van der Waals surface area contributed by atoms with Crippen LogP contribution in [0.3, 0.4) is 0 Å². The van der Waals surface area contributed by atoms with Crippen LogP contribution in [0.1, 0.15) is 73.6 Å². The number of nitrogens with one attached hydrogen (secondary N) is 4. The van der Waals surface area contributed by atoms with Gasteiger partial charge in [-0.05, 0) is 166 Å². The predicted octanol–water partition coefficient (Wildman–Crippen LogP) is 7.04. The van der Waals surface area contributed by atoms with E-state index >= 15 is 0 Å². The highest BCUT2D eigenvalue weighted by molar-refractivity contribution is 5.96. The molecule has 12 N–H and O–H groups in total. The van der Waals surface area contributed by atoms with Crippen LogP contribution in [0, 0.1) is 45.3 Å². The fourth-order valence-electron chi connectivity index (χ4n) is 7.47. The minimum absolute atomic E-state index is 0.0293. The quantitative estimate of drug-likeness (QED) is 0.0234. The zero-order valence-corrected chi connectivity index (χ0v) is 32.0. The average molecular weight is 761 g/mol. The lowest BCUT2D eigenvalue weighted by Gasteiger charge is -2.38. The Balaban J connectivity index is 1.21. The molecule has 5 rings (SSSR count). The number of nitrogen functional groups attached to an aromatic ring is 4. The van der Waals surface area contributed by atoms with E-state index in [-0.39, 0.29) is 23.3 Å². The van der Waals surface area contributed by atoms with Crippen molar-refractivity contribution in [3.05, 3.63) is 119 Å². The summed E-state index contributed by atoms with van der Waals surface area (Å²) in [5.41, 5.74) is 25.2. The van der Waals surface area contributed by atoms with Crippen LogP contribution in [0.4, 0.5) is 0 Å². The highest BCUT2D eigenvalue weighted by Crippen LogP contribution is 2.41. The van der Waals surface area contributed by atoms with Gasteiger partial charge in [-0.2, -0.15) is 0 Å². The van der Waals surface area contributed by atoms with Crippen LogP contribution in [-0.4, -0.2) is 49.8 Å². The number of ether oxygens (including phenoxy) is 4. The van der Waals surface area contributed by atoms with Crippen molar-refractivity contribution >= 4 is 23.3 Å². The Bertz CT molecular complexity index is 1880. The van der Waals surface area contributed by atoms with Crippen molar-refractivity contribution in [1.82, 2.24) is 0 Å². The van der Waals surface area contributed by atoms with E-state index in [4.69, 9.17) is 63.5 Å². The maximum Gasteiger partial charge on any atom is 0.122 e. The van der Waals surface area contributed by atoms with Crippen LogP contribution in [0.5, 0.6) is 23.0 Å². The first-order valence-corrected chi connectivity index (χ1v) is 19.3. The molecule has 0 aliphatic heterocycles. The van der Waals surface area contributed by atoms with Crippen molar-refractivity contribution < 1.29 is 18.9 Å². The molecule has 4 aromatic carbocycles. The van der Waals surface area contributed by atoms with Crippen LogP contribution >= 0.6 is 0 Å². The molecule has 0 saturated heterocycles. The first kappa shape index (κ1) is 41.1. The molecular weight excluding hydrogens is 705 g/mol. The zero-order chi connectivity index (χ0) is 39.9. The summed E-state index contributed by atoms with van der Waals surface area (Å²) >= 11 is 0. The Morgan fingerprint density at radius 3 is 1.29 bits per heavy atom. The van der Waals surface area contributed by atoms with Gasteiger partial charge in [0.05, 0.1) is 26.4 Å². The average Bonchev–Trinajstić information content (AvgIpc) is 3.20. The van der Waals surface area contributed by atoms with Crippen LogP contribution in [0.2, 0.25) is 0 Å². The number of amidine groups is 4. The molecular formula is C44H56N8O4. The fraction of sp³-hybridized carbons (Fsp3) is 0.364. The third-order valence-corrected chi connectivity index (χ3v) is 10.6. The van der Waals surface area contributed by atoms with E-state index in [9.17, 15) is 0 Å². The normalized spacial score (nSPS) is 17.0. The number of nitrogens with two attached hydrogens (primary N) is 4. The molecule has 0 spiro atoms. The Morgan fingerprint density at radius 1 is 0.500 bits per heavy atom. The summed E-state index contributed by atoms with van der Waals surface area (Å²) in [6, 6.07) is 29.4. The van der Waals surface area contributed by atoms with Gasteiger partial charge in [-0.3, -0.25) is 21.6 Å². The molecule has 0 heterocycles. The van der Waals surface area contributed by atoms with Gasteiger partial charge < -0.3 is 41.9 Å². The summed E-state index contributed by atoms with van der Waals surface area (Å²) in [4.78, 5) is 0. The largest absolute Gasteiger partial charge is 0.494 e. The number of hydrogen-bond acceptors (Lipinski definition) is 8. The summed E-state index contributed by atoms with van der Waals surface area (Å²) in [6.45, 7) is 2.34. The standard InChI is InChI=1S/C44H56N8O4/c45-41(46)32-5-13-37(14-6-32)53-23-1-2-30(28-56-40-19-11-35(12-20-40)44(51)52)26-29-3-4-31(21-24-54-38-15-7-33(8-16-38)42(47)48)36(27-29)22-25-55-39-17-9-34(10-18-39)43(49)50/h5-20,29-31,36H,1-4,21-28H2,(H3,45,46)(H3,47,48)(H3,49,50)(H3,51,52)/t29?,30-,31?,36?/m1/s1. The van der Waals surface area contributed by atoms with Gasteiger partial charge in [0, 0.05) is 22.3 Å². The molecule has 12 nitrogen and oxygen atoms in total. The van der Waals surface area contributed by atoms with Gasteiger partial charge in [0.1, 0.15) is 46.3 Å². The molecule has 3 unspecified atom stereocenters. The second-order valence-corrected chi connectivity index (χ2v) is 14.6. The molecule has 1 aliphatic rings. The van der Waals surface area contributed by atoms with E-state index in [0.29, 0.717) is 72.4 Å². The second kappa shape index (κ2) is 20.6. The third kappa shape index (κ3) is 12.8. The van der Waals surface area contributed by atoms with Crippen molar-refractivity contribution in [1.29, 1.82) is 21.6 Å². The lowest BCUT2D eigenvalue weighted by molar-refractivity contribution is 0.102. The molecule has 0 radical (unpaired) electrons. The first-order valence-electron chi connectivity index (χ1n) is 19.3. The van der Waals surface area contributed by atoms with Gasteiger partial charge in [-0.1, -0.05) is 6.42 Å². The van der Waals surface area contributed by atoms with Gasteiger partial charge in [-0.25, -0.2) is 0 Å². The van der Waals surface area contributed by atoms with Gasteiger partial charge in [0.2, 0.25) is 0 Å². The molecule has 56 heavy (non-hydrogen) atoms. The van der Waals surface area contributed by atoms with E-state index in [0.717, 1.165) is 74.4 Å². The Kier molecular flexibility index (Phi) is 15.1. The summed E-state index contributed by atoms with van der Waals surface area (Å²) in [5.74, 6) is 4.96. The highest BCUT2D eigenvalue weighted by Gasteiger charge is 2.32. The molecule has 1 saturated carbocycles. The van der Waals surface area contributed by atoms with Gasteiger partial charge in [0.25, 0.3) is 0 Å². The van der Waals surface area contributed by atoms with Crippen LogP contribution < -0.4 is 41.9 Å². The molecule has 4 atom stereocenters. The number of hydrogen-bond donors (Lipinski definition) is 8. The van der Waals surface area contributed by atoms with Gasteiger partial charge >= 0.3 is 0 Å². The van der Waals surface area contributed by atoms with Crippen LogP contribution in [0.15, 0.2) is 97.1 Å². The number of benzene rings is 4. The van der Waals surface area contributed by atoms with Crippen molar-refractivity contribution in [3.63, 3.8) is 0 Å². The van der Waals surface area contributed by atoms with E-state index in [1.165, 1.54) is 0 Å². The van der Waals surface area contributed by atoms with Gasteiger partial charge in [0.15, 0.2) is 0 Å². The Morgan fingerprint density at radius 2 is 0.875 bits per heavy atom. The van der Waals surface area contributed by atoms with Crippen molar-refractivity contribution in [3.8, 4) is 23.0 Å². The minimum atomic E-state index is 0.0293. The lowest BCUT2D eigenvalue weighted by atomic mass is 9.69. The smallest absolute Gasteiger partial charge is 0.122 e. The molecule has 0 amide bonds. The van der Waals surface area contributed by atoms with E-state index in [2.05, 4.69) is 0 Å². The Labute approximate surface area is 329 Å². The molecule has 0 bridgehead atoms. The van der Waals surface area contributed by atoms with Gasteiger partial charge in [-0.15, -0.1) is 0 Å². The zero-order valence-electron chi connectivity index (χ0n) is 32.0. The van der Waals surface area contributed by atoms with Crippen LogP contribution in [-0.2, 0) is 0 Å². The monoisotopic (exact) mass is 760 g/mol. The molecule has 1 aliphatic carbocycles. The minimum Gasteiger partial charge on any atom is -0.494 e. The fourth-order valence-corrected chi connectivity index (χ4v) is 7.47.